The fraction of sp³-hybridized carbons (Fsp3) is 0.419. The van der Waals surface area contributed by atoms with Crippen LogP contribution in [0, 0.1) is 5.82 Å². The Bertz CT molecular complexity index is 1450. The number of anilines is 1. The molecule has 218 valence electrons. The first-order valence-electron chi connectivity index (χ1n) is 13.6. The van der Waals surface area contributed by atoms with Crippen molar-refractivity contribution < 1.29 is 28.2 Å². The number of amides is 2. The lowest BCUT2D eigenvalue weighted by Gasteiger charge is -2.20. The molecule has 1 aliphatic carbocycles. The average Bonchev–Trinajstić information content (AvgIpc) is 3.59. The van der Waals surface area contributed by atoms with Crippen molar-refractivity contribution >= 4 is 35.0 Å². The number of hydrogen-bond acceptors (Lipinski definition) is 7. The largest absolute Gasteiger partial charge is 0.460 e. The topological polar surface area (TPSA) is 107 Å². The number of rotatable bonds is 8. The maximum atomic E-state index is 14.6. The molecule has 2 aromatic carbocycles. The maximum absolute atomic E-state index is 14.6. The van der Waals surface area contributed by atoms with Crippen molar-refractivity contribution in [1.29, 1.82) is 0 Å². The lowest BCUT2D eigenvalue weighted by atomic mass is 10.1. The Kier molecular flexibility index (Phi) is 8.82. The van der Waals surface area contributed by atoms with E-state index in [1.165, 1.54) is 23.5 Å². The number of benzene rings is 2. The molecule has 1 saturated carbocycles. The molecule has 2 N–H and O–H groups in total. The van der Waals surface area contributed by atoms with Gasteiger partial charge in [0.2, 0.25) is 0 Å². The van der Waals surface area contributed by atoms with Crippen LogP contribution in [0.1, 0.15) is 86.8 Å². The van der Waals surface area contributed by atoms with Gasteiger partial charge in [-0.2, -0.15) is 0 Å². The number of hydrogen-bond donors (Lipinski definition) is 2. The van der Waals surface area contributed by atoms with Gasteiger partial charge in [0.15, 0.2) is 0 Å². The van der Waals surface area contributed by atoms with Crippen molar-refractivity contribution in [1.82, 2.24) is 10.3 Å². The number of nitrogens with zero attached hydrogens (tertiary/aromatic N) is 1. The standard InChI is InChI=1S/C31H36FN3O5S/c1-30(2,3)39-24(36)16-20-9-7-8-10-23(20)34-27(37)25-26(19-11-12-19)41-28(35-25)21-13-18(14-22(32)15-21)17-33-29(38)40-31(4,5)6/h7-10,13-15,19H,11-12,16-17H2,1-6H3,(H,33,38)(H,34,37). The minimum Gasteiger partial charge on any atom is -0.460 e. The Balaban J connectivity index is 1.54. The van der Waals surface area contributed by atoms with Gasteiger partial charge < -0.3 is 20.1 Å². The van der Waals surface area contributed by atoms with Gasteiger partial charge in [-0.15, -0.1) is 11.3 Å². The monoisotopic (exact) mass is 581 g/mol. The molecular weight excluding hydrogens is 545 g/mol. The smallest absolute Gasteiger partial charge is 0.407 e. The zero-order valence-electron chi connectivity index (χ0n) is 24.2. The molecule has 0 saturated heterocycles. The Morgan fingerprint density at radius 3 is 2.34 bits per heavy atom. The molecule has 2 amide bonds. The van der Waals surface area contributed by atoms with Crippen molar-refractivity contribution in [2.75, 3.05) is 5.32 Å². The minimum absolute atomic E-state index is 0.00885. The summed E-state index contributed by atoms with van der Waals surface area (Å²) in [6.45, 7) is 10.8. The highest BCUT2D eigenvalue weighted by atomic mass is 32.1. The van der Waals surface area contributed by atoms with E-state index in [0.717, 1.165) is 17.7 Å². The van der Waals surface area contributed by atoms with E-state index >= 15 is 0 Å². The van der Waals surface area contributed by atoms with Gasteiger partial charge in [0.1, 0.15) is 27.7 Å². The van der Waals surface area contributed by atoms with Crippen LogP contribution in [0.5, 0.6) is 0 Å². The summed E-state index contributed by atoms with van der Waals surface area (Å²) >= 11 is 1.37. The normalized spacial score (nSPS) is 13.4. The van der Waals surface area contributed by atoms with Crippen LogP contribution in [-0.2, 0) is 27.2 Å². The van der Waals surface area contributed by atoms with Crippen LogP contribution < -0.4 is 10.6 Å². The predicted octanol–water partition coefficient (Wildman–Crippen LogP) is 6.99. The van der Waals surface area contributed by atoms with E-state index in [-0.39, 0.29) is 24.6 Å². The lowest BCUT2D eigenvalue weighted by Crippen LogP contribution is -2.32. The fourth-order valence-electron chi connectivity index (χ4n) is 4.12. The first-order valence-corrected chi connectivity index (χ1v) is 14.4. The Morgan fingerprint density at radius 2 is 1.68 bits per heavy atom. The van der Waals surface area contributed by atoms with Crippen molar-refractivity contribution in [3.8, 4) is 10.6 Å². The third kappa shape index (κ3) is 8.85. The predicted molar refractivity (Wildman–Crippen MR) is 157 cm³/mol. The van der Waals surface area contributed by atoms with Gasteiger partial charge in [0, 0.05) is 22.7 Å². The van der Waals surface area contributed by atoms with Crippen LogP contribution >= 0.6 is 11.3 Å². The maximum Gasteiger partial charge on any atom is 0.407 e. The number of nitrogens with one attached hydrogen (secondary N) is 2. The molecule has 1 aromatic heterocycles. The van der Waals surface area contributed by atoms with E-state index < -0.39 is 35.0 Å². The molecule has 3 aromatic rings. The number of ether oxygens (including phenoxy) is 2. The van der Waals surface area contributed by atoms with E-state index in [9.17, 15) is 18.8 Å². The van der Waals surface area contributed by atoms with Gasteiger partial charge in [0.25, 0.3) is 5.91 Å². The highest BCUT2D eigenvalue weighted by Crippen LogP contribution is 2.46. The first-order chi connectivity index (χ1) is 19.2. The van der Waals surface area contributed by atoms with Crippen LogP contribution in [0.15, 0.2) is 42.5 Å². The third-order valence-electron chi connectivity index (χ3n) is 5.88. The quantitative estimate of drug-likeness (QED) is 0.278. The summed E-state index contributed by atoms with van der Waals surface area (Å²) in [6.07, 6.45) is 1.31. The SMILES string of the molecule is CC(C)(C)OC(=O)Cc1ccccc1NC(=O)c1nc(-c2cc(F)cc(CNC(=O)OC(C)(C)C)c2)sc1C1CC1. The van der Waals surface area contributed by atoms with E-state index in [1.807, 2.05) is 0 Å². The molecule has 0 aliphatic heterocycles. The highest BCUT2D eigenvalue weighted by molar-refractivity contribution is 7.15. The molecule has 41 heavy (non-hydrogen) atoms. The second-order valence-electron chi connectivity index (χ2n) is 12.1. The molecule has 1 heterocycles. The number of carbonyl (C=O) groups excluding carboxylic acids is 3. The number of alkyl carbamates (subject to hydrolysis) is 1. The van der Waals surface area contributed by atoms with Crippen LogP contribution in [-0.4, -0.2) is 34.2 Å². The Morgan fingerprint density at radius 1 is 1.00 bits per heavy atom. The molecular formula is C31H36FN3O5S. The molecule has 0 spiro atoms. The number of halogens is 1. The van der Waals surface area contributed by atoms with Crippen molar-refractivity contribution in [3.05, 3.63) is 70.0 Å². The first kappa shape index (κ1) is 30.2. The minimum atomic E-state index is -0.648. The summed E-state index contributed by atoms with van der Waals surface area (Å²) < 4.78 is 25.3. The van der Waals surface area contributed by atoms with E-state index in [1.54, 1.807) is 71.9 Å². The number of thiazole rings is 1. The second-order valence-corrected chi connectivity index (χ2v) is 13.1. The third-order valence-corrected chi connectivity index (χ3v) is 7.14. The van der Waals surface area contributed by atoms with E-state index in [0.29, 0.717) is 27.4 Å². The average molecular weight is 582 g/mol. The molecule has 0 radical (unpaired) electrons. The van der Waals surface area contributed by atoms with Crippen LogP contribution in [0.2, 0.25) is 0 Å². The summed E-state index contributed by atoms with van der Waals surface area (Å²) in [7, 11) is 0. The number of carbonyl (C=O) groups is 3. The van der Waals surface area contributed by atoms with E-state index in [4.69, 9.17) is 9.47 Å². The van der Waals surface area contributed by atoms with Crippen molar-refractivity contribution in [2.45, 2.75) is 84.5 Å². The number of aromatic nitrogens is 1. The van der Waals surface area contributed by atoms with Gasteiger partial charge in [0.05, 0.1) is 6.42 Å². The summed E-state index contributed by atoms with van der Waals surface area (Å²) in [4.78, 5) is 43.5. The molecule has 0 bridgehead atoms. The molecule has 1 aliphatic rings. The highest BCUT2D eigenvalue weighted by Gasteiger charge is 2.32. The Hall–Kier alpha value is -3.79. The van der Waals surface area contributed by atoms with Crippen LogP contribution in [0.25, 0.3) is 10.6 Å². The van der Waals surface area contributed by atoms with Gasteiger partial charge in [-0.1, -0.05) is 18.2 Å². The van der Waals surface area contributed by atoms with Gasteiger partial charge in [-0.25, -0.2) is 14.2 Å². The van der Waals surface area contributed by atoms with Crippen LogP contribution in [0.3, 0.4) is 0 Å². The lowest BCUT2D eigenvalue weighted by molar-refractivity contribution is -0.153. The summed E-state index contributed by atoms with van der Waals surface area (Å²) in [5.74, 6) is -1.04. The molecule has 10 heteroatoms. The number of esters is 1. The zero-order valence-corrected chi connectivity index (χ0v) is 25.0. The zero-order chi connectivity index (χ0) is 29.9. The summed E-state index contributed by atoms with van der Waals surface area (Å²) in [5, 5.41) is 6.07. The second kappa shape index (κ2) is 12.0. The van der Waals surface area contributed by atoms with Crippen molar-refractivity contribution in [2.24, 2.45) is 0 Å². The number of para-hydroxylation sites is 1. The molecule has 8 nitrogen and oxygen atoms in total. The molecule has 1 fully saturated rings. The van der Waals surface area contributed by atoms with E-state index in [2.05, 4.69) is 15.6 Å². The molecule has 0 atom stereocenters. The van der Waals surface area contributed by atoms with Gasteiger partial charge >= 0.3 is 12.1 Å². The molecule has 0 unspecified atom stereocenters. The summed E-state index contributed by atoms with van der Waals surface area (Å²) in [6, 6.07) is 11.5. The van der Waals surface area contributed by atoms with Crippen molar-refractivity contribution in [3.63, 3.8) is 0 Å². The Labute approximate surface area is 243 Å². The fourth-order valence-corrected chi connectivity index (χ4v) is 5.33. The van der Waals surface area contributed by atoms with Gasteiger partial charge in [-0.05, 0) is 95.7 Å². The van der Waals surface area contributed by atoms with Crippen LogP contribution in [0.4, 0.5) is 14.9 Å². The molecule has 4 rings (SSSR count). The summed E-state index contributed by atoms with van der Waals surface area (Å²) in [5.41, 5.74) is 1.21. The van der Waals surface area contributed by atoms with Gasteiger partial charge in [-0.3, -0.25) is 9.59 Å².